The minimum atomic E-state index is 0. The largest absolute Gasteiger partial charge is 0.461 e. The zero-order valence-electron chi connectivity index (χ0n) is 16.8. The maximum Gasteiger partial charge on any atom is 0.225 e. The van der Waals surface area contributed by atoms with Gasteiger partial charge in [0, 0.05) is 37.8 Å². The molecule has 2 N–H and O–H groups in total. The fraction of sp³-hybridized carbons (Fsp3) is 0.227. The van der Waals surface area contributed by atoms with Crippen LogP contribution in [0.25, 0.3) is 17.2 Å². The number of halogens is 1. The molecule has 1 saturated heterocycles. The van der Waals surface area contributed by atoms with Crippen molar-refractivity contribution in [1.29, 1.82) is 0 Å². The van der Waals surface area contributed by atoms with Crippen LogP contribution >= 0.6 is 12.4 Å². The molecule has 1 fully saturated rings. The van der Waals surface area contributed by atoms with Crippen LogP contribution in [0.5, 0.6) is 0 Å². The number of hydrogen-bond donors (Lipinski definition) is 1. The zero-order chi connectivity index (χ0) is 20.3. The molecule has 0 unspecified atom stereocenters. The number of anilines is 2. The molecule has 1 aromatic carbocycles. The van der Waals surface area contributed by atoms with E-state index in [1.807, 2.05) is 42.5 Å². The number of nitrogens with two attached hydrogens (primary N) is 1. The van der Waals surface area contributed by atoms with Gasteiger partial charge in [-0.3, -0.25) is 4.90 Å². The normalized spacial score (nSPS) is 14.1. The molecule has 1 aliphatic heterocycles. The standard InChI is InChI=1S/C22H21N7O.ClH/c23-22-25-19(16-20-24-21(26-29(20)22)18-9-5-15-30-18)28-13-11-27(12-14-28)10-4-8-17-6-2-1-3-7-17;/h1-3,5-7,9,15-16H,10-14H2,(H2,23,25);1H. The van der Waals surface area contributed by atoms with Crippen LogP contribution in [-0.4, -0.2) is 57.2 Å². The monoisotopic (exact) mass is 435 g/mol. The first-order valence-electron chi connectivity index (χ1n) is 9.85. The van der Waals surface area contributed by atoms with E-state index in [-0.39, 0.29) is 12.4 Å². The van der Waals surface area contributed by atoms with Gasteiger partial charge in [-0.05, 0) is 24.3 Å². The second-order valence-corrected chi connectivity index (χ2v) is 7.09. The average molecular weight is 436 g/mol. The Morgan fingerprint density at radius 1 is 1.00 bits per heavy atom. The smallest absolute Gasteiger partial charge is 0.225 e. The summed E-state index contributed by atoms with van der Waals surface area (Å²) in [6.45, 7) is 4.30. The van der Waals surface area contributed by atoms with Gasteiger partial charge in [0.25, 0.3) is 0 Å². The van der Waals surface area contributed by atoms with Crippen LogP contribution in [0.3, 0.4) is 0 Å². The van der Waals surface area contributed by atoms with E-state index in [0.717, 1.165) is 44.1 Å². The molecule has 4 heterocycles. The summed E-state index contributed by atoms with van der Waals surface area (Å²) in [6, 6.07) is 15.6. The summed E-state index contributed by atoms with van der Waals surface area (Å²) < 4.78 is 6.92. The van der Waals surface area contributed by atoms with Crippen LogP contribution in [0.2, 0.25) is 0 Å². The number of nitrogens with zero attached hydrogens (tertiary/aromatic N) is 6. The Morgan fingerprint density at radius 3 is 2.55 bits per heavy atom. The van der Waals surface area contributed by atoms with Crippen LogP contribution in [0.1, 0.15) is 5.56 Å². The lowest BCUT2D eigenvalue weighted by Gasteiger charge is -2.34. The molecule has 5 rings (SSSR count). The van der Waals surface area contributed by atoms with Crippen molar-refractivity contribution in [2.75, 3.05) is 43.4 Å². The van der Waals surface area contributed by atoms with E-state index in [9.17, 15) is 0 Å². The first-order chi connectivity index (χ1) is 14.8. The van der Waals surface area contributed by atoms with Gasteiger partial charge >= 0.3 is 0 Å². The number of nitrogen functional groups attached to an aromatic ring is 1. The fourth-order valence-corrected chi connectivity index (χ4v) is 3.48. The van der Waals surface area contributed by atoms with Crippen molar-refractivity contribution in [3.05, 3.63) is 60.4 Å². The van der Waals surface area contributed by atoms with Crippen molar-refractivity contribution in [3.63, 3.8) is 0 Å². The molecule has 9 heteroatoms. The van der Waals surface area contributed by atoms with Crippen molar-refractivity contribution in [3.8, 4) is 23.4 Å². The lowest BCUT2D eigenvalue weighted by Crippen LogP contribution is -2.46. The molecule has 0 spiro atoms. The van der Waals surface area contributed by atoms with E-state index in [0.29, 0.717) is 23.2 Å². The summed E-state index contributed by atoms with van der Waals surface area (Å²) in [6.07, 6.45) is 1.60. The highest BCUT2D eigenvalue weighted by molar-refractivity contribution is 5.85. The van der Waals surface area contributed by atoms with E-state index >= 15 is 0 Å². The quantitative estimate of drug-likeness (QED) is 0.494. The molecular weight excluding hydrogens is 414 g/mol. The van der Waals surface area contributed by atoms with Crippen molar-refractivity contribution in [2.45, 2.75) is 0 Å². The number of aromatic nitrogens is 4. The summed E-state index contributed by atoms with van der Waals surface area (Å²) >= 11 is 0. The van der Waals surface area contributed by atoms with Gasteiger partial charge in [-0.2, -0.15) is 9.50 Å². The zero-order valence-corrected chi connectivity index (χ0v) is 17.6. The lowest BCUT2D eigenvalue weighted by atomic mass is 10.2. The maximum atomic E-state index is 6.14. The van der Waals surface area contributed by atoms with Gasteiger partial charge in [-0.1, -0.05) is 30.0 Å². The topological polar surface area (TPSA) is 88.7 Å². The van der Waals surface area contributed by atoms with Gasteiger partial charge in [0.2, 0.25) is 11.8 Å². The minimum absolute atomic E-state index is 0. The molecule has 4 aromatic rings. The van der Waals surface area contributed by atoms with E-state index in [1.165, 1.54) is 4.52 Å². The van der Waals surface area contributed by atoms with Crippen molar-refractivity contribution in [1.82, 2.24) is 24.5 Å². The number of fused-ring (bicyclic) bond motifs is 1. The Labute approximate surface area is 186 Å². The molecule has 0 saturated carbocycles. The van der Waals surface area contributed by atoms with Gasteiger partial charge in [-0.25, -0.2) is 4.98 Å². The summed E-state index contributed by atoms with van der Waals surface area (Å²) in [7, 11) is 0. The van der Waals surface area contributed by atoms with Crippen molar-refractivity contribution < 1.29 is 4.42 Å². The highest BCUT2D eigenvalue weighted by Gasteiger charge is 2.20. The van der Waals surface area contributed by atoms with Gasteiger partial charge in [-0.15, -0.1) is 17.5 Å². The van der Waals surface area contributed by atoms with Gasteiger partial charge in [0.05, 0.1) is 12.8 Å². The second-order valence-electron chi connectivity index (χ2n) is 7.09. The summed E-state index contributed by atoms with van der Waals surface area (Å²) in [5.74, 6) is 8.70. The number of benzene rings is 1. The van der Waals surface area contributed by atoms with Crippen molar-refractivity contribution in [2.24, 2.45) is 0 Å². The minimum Gasteiger partial charge on any atom is -0.461 e. The van der Waals surface area contributed by atoms with Crippen molar-refractivity contribution >= 4 is 29.8 Å². The maximum absolute atomic E-state index is 6.14. The highest BCUT2D eigenvalue weighted by atomic mass is 35.5. The molecule has 1 aliphatic rings. The Morgan fingerprint density at radius 2 is 1.81 bits per heavy atom. The van der Waals surface area contributed by atoms with Gasteiger partial charge in [0.1, 0.15) is 5.82 Å². The number of rotatable bonds is 3. The van der Waals surface area contributed by atoms with Crippen LogP contribution in [-0.2, 0) is 0 Å². The third-order valence-corrected chi connectivity index (χ3v) is 5.08. The molecule has 0 atom stereocenters. The Balaban J connectivity index is 0.00000231. The van der Waals surface area contributed by atoms with E-state index in [2.05, 4.69) is 36.7 Å². The van der Waals surface area contributed by atoms with Gasteiger partial charge in [0.15, 0.2) is 11.4 Å². The van der Waals surface area contributed by atoms with E-state index in [4.69, 9.17) is 10.2 Å². The molecule has 158 valence electrons. The molecule has 0 radical (unpaired) electrons. The van der Waals surface area contributed by atoms with Crippen LogP contribution in [0, 0.1) is 11.8 Å². The number of piperazine rings is 1. The van der Waals surface area contributed by atoms with E-state index in [1.54, 1.807) is 12.3 Å². The SMILES string of the molecule is Cl.Nc1nc(N2CCN(CC#Cc3ccccc3)CC2)cc2nc(-c3ccco3)nn12. The Hall–Kier alpha value is -3.54. The van der Waals surface area contributed by atoms with Crippen LogP contribution in [0.4, 0.5) is 11.8 Å². The fourth-order valence-electron chi connectivity index (χ4n) is 3.48. The van der Waals surface area contributed by atoms with E-state index < -0.39 is 0 Å². The predicted octanol–water partition coefficient (Wildman–Crippen LogP) is 2.56. The Bertz CT molecular complexity index is 1200. The first kappa shape index (κ1) is 20.7. The molecule has 8 nitrogen and oxygen atoms in total. The average Bonchev–Trinajstić information content (AvgIpc) is 3.45. The third-order valence-electron chi connectivity index (χ3n) is 5.08. The second kappa shape index (κ2) is 9.08. The molecule has 3 aromatic heterocycles. The van der Waals surface area contributed by atoms with Crippen LogP contribution < -0.4 is 10.6 Å². The number of furan rings is 1. The Kier molecular flexibility index (Phi) is 6.07. The highest BCUT2D eigenvalue weighted by Crippen LogP contribution is 2.22. The molecular formula is C22H22ClN7O. The lowest BCUT2D eigenvalue weighted by molar-refractivity contribution is 0.287. The molecule has 31 heavy (non-hydrogen) atoms. The molecule has 0 aliphatic carbocycles. The van der Waals surface area contributed by atoms with Gasteiger partial charge < -0.3 is 15.1 Å². The third kappa shape index (κ3) is 4.48. The summed E-state index contributed by atoms with van der Waals surface area (Å²) in [4.78, 5) is 13.6. The first-order valence-corrected chi connectivity index (χ1v) is 9.85. The molecule has 0 bridgehead atoms. The van der Waals surface area contributed by atoms with Crippen LogP contribution in [0.15, 0.2) is 59.2 Å². The summed E-state index contributed by atoms with van der Waals surface area (Å²) in [5, 5.41) is 4.39. The number of hydrogen-bond acceptors (Lipinski definition) is 7. The predicted molar refractivity (Wildman–Crippen MR) is 122 cm³/mol. The molecule has 0 amide bonds. The summed E-state index contributed by atoms with van der Waals surface area (Å²) in [5.41, 5.74) is 7.84.